The Bertz CT molecular complexity index is 1410. The predicted molar refractivity (Wildman–Crippen MR) is 162 cm³/mol. The van der Waals surface area contributed by atoms with Crippen LogP contribution in [0.2, 0.25) is 0 Å². The van der Waals surface area contributed by atoms with Crippen molar-refractivity contribution in [3.8, 4) is 0 Å². The topological polar surface area (TPSA) is 96.1 Å². The molecule has 3 atom stereocenters. The molecule has 0 radical (unpaired) electrons. The molecule has 2 amide bonds. The van der Waals surface area contributed by atoms with Crippen LogP contribution < -0.4 is 5.73 Å². The van der Waals surface area contributed by atoms with Crippen LogP contribution in [0.3, 0.4) is 0 Å². The molecule has 0 unspecified atom stereocenters. The van der Waals surface area contributed by atoms with Gasteiger partial charge < -0.3 is 25.4 Å². The predicted octanol–water partition coefficient (Wildman–Crippen LogP) is 4.66. The van der Waals surface area contributed by atoms with Gasteiger partial charge in [-0.25, -0.2) is 8.78 Å². The Balaban J connectivity index is 1.60. The minimum Gasteiger partial charge on any atom is -0.390 e. The van der Waals surface area contributed by atoms with Gasteiger partial charge >= 0.3 is 0 Å². The first-order valence-corrected chi connectivity index (χ1v) is 14.7. The van der Waals surface area contributed by atoms with Gasteiger partial charge in [0, 0.05) is 50.0 Å². The molecule has 1 aliphatic heterocycles. The minimum absolute atomic E-state index is 0.0114. The number of aryl methyl sites for hydroxylation is 2. The molecular formula is C34H41F2N3O4. The van der Waals surface area contributed by atoms with Gasteiger partial charge in [0.2, 0.25) is 0 Å². The monoisotopic (exact) mass is 593 g/mol. The van der Waals surface area contributed by atoms with E-state index in [9.17, 15) is 23.5 Å². The van der Waals surface area contributed by atoms with E-state index < -0.39 is 23.8 Å². The van der Waals surface area contributed by atoms with Crippen LogP contribution in [0.4, 0.5) is 8.78 Å². The zero-order valence-corrected chi connectivity index (χ0v) is 25.1. The largest absolute Gasteiger partial charge is 0.390 e. The van der Waals surface area contributed by atoms with Gasteiger partial charge in [-0.2, -0.15) is 0 Å². The van der Waals surface area contributed by atoms with Crippen molar-refractivity contribution in [1.29, 1.82) is 0 Å². The third kappa shape index (κ3) is 8.46. The second-order valence-electron chi connectivity index (χ2n) is 11.4. The van der Waals surface area contributed by atoms with E-state index in [-0.39, 0.29) is 37.4 Å². The highest BCUT2D eigenvalue weighted by Crippen LogP contribution is 2.23. The average molecular weight is 594 g/mol. The van der Waals surface area contributed by atoms with Gasteiger partial charge in [0.15, 0.2) is 0 Å². The maximum Gasteiger partial charge on any atom is 0.254 e. The number of nitrogens with two attached hydrogens (primary N) is 1. The molecule has 3 N–H and O–H groups in total. The van der Waals surface area contributed by atoms with E-state index in [1.165, 1.54) is 17.0 Å². The zero-order chi connectivity index (χ0) is 31.1. The third-order valence-corrected chi connectivity index (χ3v) is 7.92. The van der Waals surface area contributed by atoms with Crippen LogP contribution in [0.5, 0.6) is 0 Å². The van der Waals surface area contributed by atoms with E-state index >= 15 is 0 Å². The molecule has 43 heavy (non-hydrogen) atoms. The number of hydrogen-bond acceptors (Lipinski definition) is 5. The van der Waals surface area contributed by atoms with E-state index in [1.54, 1.807) is 30.2 Å². The second kappa shape index (κ2) is 14.7. The molecule has 230 valence electrons. The smallest absolute Gasteiger partial charge is 0.254 e. The fourth-order valence-corrected chi connectivity index (χ4v) is 5.73. The molecule has 4 rings (SSSR count). The first-order valence-electron chi connectivity index (χ1n) is 14.7. The maximum atomic E-state index is 14.1. The number of rotatable bonds is 12. The maximum absolute atomic E-state index is 14.1. The summed E-state index contributed by atoms with van der Waals surface area (Å²) in [5, 5.41) is 11.1. The van der Waals surface area contributed by atoms with E-state index in [4.69, 9.17) is 10.5 Å². The van der Waals surface area contributed by atoms with Gasteiger partial charge in [0.1, 0.15) is 11.6 Å². The molecule has 0 spiro atoms. The first-order chi connectivity index (χ1) is 20.6. The highest BCUT2D eigenvalue weighted by Gasteiger charge is 2.30. The SMILES string of the molecule is CCc1cccc(CN(C[C@@H](O)[C@@H](N)Cc2cc(F)cc(F)c2)C(=O)c2cc(C)cc(C(=O)N3CCC[C@H]3COC)c2)c1. The lowest BCUT2D eigenvalue weighted by molar-refractivity contribution is 0.0554. The Morgan fingerprint density at radius 1 is 1.05 bits per heavy atom. The number of ether oxygens (including phenoxy) is 1. The number of likely N-dealkylation sites (tertiary alicyclic amines) is 1. The summed E-state index contributed by atoms with van der Waals surface area (Å²) in [6.45, 7) is 5.04. The van der Waals surface area contributed by atoms with Gasteiger partial charge in [-0.05, 0) is 85.2 Å². The summed E-state index contributed by atoms with van der Waals surface area (Å²) in [5.41, 5.74) is 10.1. The number of benzene rings is 3. The first kappa shape index (κ1) is 32.3. The fourth-order valence-electron chi connectivity index (χ4n) is 5.73. The van der Waals surface area contributed by atoms with Gasteiger partial charge in [-0.3, -0.25) is 9.59 Å². The highest BCUT2D eigenvalue weighted by molar-refractivity contribution is 6.00. The molecule has 0 saturated carbocycles. The van der Waals surface area contributed by atoms with Crippen molar-refractivity contribution < 1.29 is 28.2 Å². The van der Waals surface area contributed by atoms with Crippen LogP contribution in [0, 0.1) is 18.6 Å². The summed E-state index contributed by atoms with van der Waals surface area (Å²) in [5.74, 6) is -1.96. The summed E-state index contributed by atoms with van der Waals surface area (Å²) >= 11 is 0. The Morgan fingerprint density at radius 2 is 1.74 bits per heavy atom. The summed E-state index contributed by atoms with van der Waals surface area (Å²) < 4.78 is 32.8. The number of methoxy groups -OCH3 is 1. The molecule has 1 fully saturated rings. The number of halogens is 2. The van der Waals surface area contributed by atoms with Gasteiger partial charge in [0.25, 0.3) is 11.8 Å². The summed E-state index contributed by atoms with van der Waals surface area (Å²) in [4.78, 5) is 30.9. The van der Waals surface area contributed by atoms with Gasteiger partial charge in [-0.15, -0.1) is 0 Å². The fraction of sp³-hybridized carbons (Fsp3) is 0.412. The van der Waals surface area contributed by atoms with Crippen LogP contribution >= 0.6 is 0 Å². The van der Waals surface area contributed by atoms with Crippen molar-refractivity contribution in [3.63, 3.8) is 0 Å². The zero-order valence-electron chi connectivity index (χ0n) is 25.1. The van der Waals surface area contributed by atoms with E-state index in [0.717, 1.165) is 42.0 Å². The molecule has 3 aromatic rings. The molecule has 9 heteroatoms. The van der Waals surface area contributed by atoms with Gasteiger partial charge in [0.05, 0.1) is 18.8 Å². The van der Waals surface area contributed by atoms with Crippen LogP contribution in [0.15, 0.2) is 60.7 Å². The summed E-state index contributed by atoms with van der Waals surface area (Å²) in [6, 6.07) is 15.2. The summed E-state index contributed by atoms with van der Waals surface area (Å²) in [6.07, 6.45) is 1.41. The highest BCUT2D eigenvalue weighted by atomic mass is 19.1. The van der Waals surface area contributed by atoms with E-state index in [2.05, 4.69) is 0 Å². The van der Waals surface area contributed by atoms with E-state index in [1.807, 2.05) is 38.1 Å². The normalized spacial score (nSPS) is 16.3. The lowest BCUT2D eigenvalue weighted by Gasteiger charge is -2.29. The molecule has 0 aliphatic carbocycles. The summed E-state index contributed by atoms with van der Waals surface area (Å²) in [7, 11) is 1.62. The van der Waals surface area contributed by atoms with Crippen LogP contribution in [0.25, 0.3) is 0 Å². The van der Waals surface area contributed by atoms with Crippen molar-refractivity contribution in [2.45, 2.75) is 64.3 Å². The molecule has 1 heterocycles. The standard InChI is InChI=1S/C34H41F2N3O4/c1-4-23-7-5-8-24(13-23)19-38(20-32(40)31(37)16-25-14-28(35)18-29(36)15-25)33(41)26-11-22(2)12-27(17-26)34(42)39-10-6-9-30(39)21-43-3/h5,7-8,11-15,17-18,30-32,40H,4,6,9-10,16,19-21,37H2,1-3H3/t30-,31-,32+/m0/s1. The van der Waals surface area contributed by atoms with Crippen LogP contribution in [-0.4, -0.2) is 71.7 Å². The van der Waals surface area contributed by atoms with Crippen LogP contribution in [0.1, 0.15) is 62.7 Å². The van der Waals surface area contributed by atoms with E-state index in [0.29, 0.717) is 29.8 Å². The number of hydrogen-bond donors (Lipinski definition) is 2. The van der Waals surface area contributed by atoms with Crippen molar-refractivity contribution in [2.75, 3.05) is 26.8 Å². The third-order valence-electron chi connectivity index (χ3n) is 7.92. The van der Waals surface area contributed by atoms with Crippen molar-refractivity contribution in [3.05, 3.63) is 106 Å². The quantitative estimate of drug-likeness (QED) is 0.319. The molecule has 1 aliphatic rings. The Labute approximate surface area is 252 Å². The lowest BCUT2D eigenvalue weighted by Crippen LogP contribution is -2.46. The number of carbonyl (C=O) groups is 2. The Hall–Kier alpha value is -3.66. The average Bonchev–Trinajstić information content (AvgIpc) is 3.43. The lowest BCUT2D eigenvalue weighted by atomic mass is 10.00. The van der Waals surface area contributed by atoms with Crippen molar-refractivity contribution >= 4 is 11.8 Å². The van der Waals surface area contributed by atoms with Crippen molar-refractivity contribution in [1.82, 2.24) is 9.80 Å². The van der Waals surface area contributed by atoms with Crippen molar-refractivity contribution in [2.24, 2.45) is 5.73 Å². The van der Waals surface area contributed by atoms with Gasteiger partial charge in [-0.1, -0.05) is 31.2 Å². The Kier molecular flexibility index (Phi) is 11.0. The number of aliphatic hydroxyl groups is 1. The number of carbonyl (C=O) groups excluding carboxylic acids is 2. The molecule has 0 aromatic heterocycles. The number of aliphatic hydroxyl groups excluding tert-OH is 1. The molecule has 3 aromatic carbocycles. The molecular weight excluding hydrogens is 552 g/mol. The minimum atomic E-state index is -1.19. The molecule has 7 nitrogen and oxygen atoms in total. The molecule has 1 saturated heterocycles. The molecule has 0 bridgehead atoms. The second-order valence-corrected chi connectivity index (χ2v) is 11.4. The van der Waals surface area contributed by atoms with Crippen LogP contribution in [-0.2, 0) is 24.1 Å². The number of nitrogens with zero attached hydrogens (tertiary/aromatic N) is 2. The Morgan fingerprint density at radius 3 is 2.44 bits per heavy atom. The number of amides is 2.